The van der Waals surface area contributed by atoms with Crippen molar-refractivity contribution in [2.75, 3.05) is 13.2 Å². The summed E-state index contributed by atoms with van der Waals surface area (Å²) in [5.41, 5.74) is 1.73. The van der Waals surface area contributed by atoms with Gasteiger partial charge in [0, 0.05) is 13.1 Å². The molecule has 0 radical (unpaired) electrons. The van der Waals surface area contributed by atoms with Crippen molar-refractivity contribution in [3.63, 3.8) is 0 Å². The van der Waals surface area contributed by atoms with Gasteiger partial charge in [0.2, 0.25) is 5.91 Å². The number of carboxylic acids is 1. The summed E-state index contributed by atoms with van der Waals surface area (Å²) in [4.78, 5) is 25.6. The molecule has 1 aliphatic heterocycles. The van der Waals surface area contributed by atoms with E-state index in [2.05, 4.69) is 13.8 Å². The number of amides is 1. The van der Waals surface area contributed by atoms with E-state index in [1.54, 1.807) is 4.90 Å². The molecule has 2 rings (SSSR count). The lowest BCUT2D eigenvalue weighted by Gasteiger charge is -2.33. The van der Waals surface area contributed by atoms with Crippen molar-refractivity contribution >= 4 is 11.9 Å². The smallest absolute Gasteiger partial charge is 0.312 e. The van der Waals surface area contributed by atoms with Crippen molar-refractivity contribution in [1.82, 2.24) is 4.90 Å². The van der Waals surface area contributed by atoms with E-state index in [9.17, 15) is 14.7 Å². The third kappa shape index (κ3) is 4.81. The number of carbonyl (C=O) groups is 2. The van der Waals surface area contributed by atoms with Crippen molar-refractivity contribution in [1.29, 1.82) is 0 Å². The first kappa shape index (κ1) is 18.5. The predicted octanol–water partition coefficient (Wildman–Crippen LogP) is 3.04. The molecule has 1 aliphatic rings. The van der Waals surface area contributed by atoms with Crippen molar-refractivity contribution in [2.45, 2.75) is 52.2 Å². The van der Waals surface area contributed by atoms with Crippen molar-refractivity contribution in [3.8, 4) is 0 Å². The SMILES string of the molecule is CC(C)CC(C)OCCC(=O)N1Cc2ccccc2C(C(=O)O)C1. The van der Waals surface area contributed by atoms with Gasteiger partial charge in [-0.15, -0.1) is 0 Å². The quantitative estimate of drug-likeness (QED) is 0.833. The summed E-state index contributed by atoms with van der Waals surface area (Å²) in [6.45, 7) is 7.38. The summed E-state index contributed by atoms with van der Waals surface area (Å²) >= 11 is 0. The maximum Gasteiger partial charge on any atom is 0.312 e. The Morgan fingerprint density at radius 3 is 2.67 bits per heavy atom. The highest BCUT2D eigenvalue weighted by Gasteiger charge is 2.32. The monoisotopic (exact) mass is 333 g/mol. The minimum atomic E-state index is -0.887. The van der Waals surface area contributed by atoms with Crippen LogP contribution in [-0.2, 0) is 20.9 Å². The molecule has 0 aliphatic carbocycles. The van der Waals surface area contributed by atoms with Gasteiger partial charge in [-0.3, -0.25) is 9.59 Å². The lowest BCUT2D eigenvalue weighted by Crippen LogP contribution is -2.41. The largest absolute Gasteiger partial charge is 0.481 e. The van der Waals surface area contributed by atoms with Crippen LogP contribution in [-0.4, -0.2) is 41.1 Å². The van der Waals surface area contributed by atoms with Crippen LogP contribution in [0.3, 0.4) is 0 Å². The standard InChI is InChI=1S/C19H27NO4/c1-13(2)10-14(3)24-9-8-18(21)20-11-15-6-4-5-7-16(15)17(12-20)19(22)23/h4-7,13-14,17H,8-12H2,1-3H3,(H,22,23). The fraction of sp³-hybridized carbons (Fsp3) is 0.579. The summed E-state index contributed by atoms with van der Waals surface area (Å²) in [5.74, 6) is -1.03. The maximum absolute atomic E-state index is 12.4. The number of aliphatic carboxylic acids is 1. The van der Waals surface area contributed by atoms with E-state index < -0.39 is 11.9 Å². The van der Waals surface area contributed by atoms with Gasteiger partial charge in [0.05, 0.1) is 25.0 Å². The number of ether oxygens (including phenoxy) is 1. The van der Waals surface area contributed by atoms with Crippen LogP contribution < -0.4 is 0 Å². The van der Waals surface area contributed by atoms with Crippen molar-refractivity contribution in [3.05, 3.63) is 35.4 Å². The van der Waals surface area contributed by atoms with Crippen LogP contribution in [0, 0.1) is 5.92 Å². The molecule has 1 aromatic carbocycles. The van der Waals surface area contributed by atoms with Crippen LogP contribution >= 0.6 is 0 Å². The maximum atomic E-state index is 12.4. The highest BCUT2D eigenvalue weighted by Crippen LogP contribution is 2.28. The van der Waals surface area contributed by atoms with Crippen LogP contribution in [0.25, 0.3) is 0 Å². The Morgan fingerprint density at radius 1 is 1.29 bits per heavy atom. The van der Waals surface area contributed by atoms with Gasteiger partial charge in [-0.25, -0.2) is 0 Å². The average Bonchev–Trinajstić information content (AvgIpc) is 2.52. The Kier molecular flexibility index (Phi) is 6.37. The highest BCUT2D eigenvalue weighted by atomic mass is 16.5. The van der Waals surface area contributed by atoms with Gasteiger partial charge in [-0.1, -0.05) is 38.1 Å². The number of benzene rings is 1. The number of hydrogen-bond donors (Lipinski definition) is 1. The molecule has 1 heterocycles. The van der Waals surface area contributed by atoms with Gasteiger partial charge in [0.25, 0.3) is 0 Å². The fourth-order valence-electron chi connectivity index (χ4n) is 3.25. The molecule has 5 nitrogen and oxygen atoms in total. The van der Waals surface area contributed by atoms with Gasteiger partial charge < -0.3 is 14.7 Å². The van der Waals surface area contributed by atoms with E-state index in [-0.39, 0.29) is 25.0 Å². The van der Waals surface area contributed by atoms with Gasteiger partial charge in [0.15, 0.2) is 0 Å². The van der Waals surface area contributed by atoms with Crippen LogP contribution in [0.2, 0.25) is 0 Å². The molecule has 1 aromatic rings. The molecule has 0 aromatic heterocycles. The second-order valence-corrected chi connectivity index (χ2v) is 6.92. The minimum absolute atomic E-state index is 0.0486. The normalized spacial score (nSPS) is 18.3. The van der Waals surface area contributed by atoms with Gasteiger partial charge in [0.1, 0.15) is 0 Å². The molecule has 0 bridgehead atoms. The Labute approximate surface area is 143 Å². The zero-order valence-electron chi connectivity index (χ0n) is 14.7. The molecule has 0 saturated heterocycles. The zero-order chi connectivity index (χ0) is 17.7. The number of rotatable bonds is 7. The summed E-state index contributed by atoms with van der Waals surface area (Å²) in [5, 5.41) is 9.45. The molecule has 2 atom stereocenters. The Bertz CT molecular complexity index is 584. The van der Waals surface area contributed by atoms with E-state index >= 15 is 0 Å². The third-order valence-corrected chi connectivity index (χ3v) is 4.37. The highest BCUT2D eigenvalue weighted by molar-refractivity contribution is 5.81. The topological polar surface area (TPSA) is 66.8 Å². The molecule has 0 fully saturated rings. The molecule has 0 saturated carbocycles. The Morgan fingerprint density at radius 2 is 2.00 bits per heavy atom. The number of nitrogens with zero attached hydrogens (tertiary/aromatic N) is 1. The molecule has 1 amide bonds. The van der Waals surface area contributed by atoms with E-state index in [1.165, 1.54) is 0 Å². The van der Waals surface area contributed by atoms with Gasteiger partial charge in [-0.05, 0) is 30.4 Å². The first-order valence-electron chi connectivity index (χ1n) is 8.58. The van der Waals surface area contributed by atoms with Gasteiger partial charge in [-0.2, -0.15) is 0 Å². The zero-order valence-corrected chi connectivity index (χ0v) is 14.7. The molecule has 0 spiro atoms. The Balaban J connectivity index is 1.93. The minimum Gasteiger partial charge on any atom is -0.481 e. The van der Waals surface area contributed by atoms with Crippen molar-refractivity contribution < 1.29 is 19.4 Å². The van der Waals surface area contributed by atoms with E-state index in [4.69, 9.17) is 4.74 Å². The number of hydrogen-bond acceptors (Lipinski definition) is 3. The average molecular weight is 333 g/mol. The molecule has 2 unspecified atom stereocenters. The molecule has 24 heavy (non-hydrogen) atoms. The van der Waals surface area contributed by atoms with Crippen molar-refractivity contribution in [2.24, 2.45) is 5.92 Å². The molecular formula is C19H27NO4. The summed E-state index contributed by atoms with van der Waals surface area (Å²) in [6.07, 6.45) is 1.38. The predicted molar refractivity (Wildman–Crippen MR) is 91.7 cm³/mol. The first-order valence-corrected chi connectivity index (χ1v) is 8.58. The number of carbonyl (C=O) groups excluding carboxylic acids is 1. The van der Waals surface area contributed by atoms with Crippen LogP contribution in [0.5, 0.6) is 0 Å². The molecule has 132 valence electrons. The number of carboxylic acid groups (broad SMARTS) is 1. The molecular weight excluding hydrogens is 306 g/mol. The van der Waals surface area contributed by atoms with E-state index in [1.807, 2.05) is 31.2 Å². The van der Waals surface area contributed by atoms with Gasteiger partial charge >= 0.3 is 5.97 Å². The van der Waals surface area contributed by atoms with E-state index in [0.717, 1.165) is 17.5 Å². The Hall–Kier alpha value is -1.88. The summed E-state index contributed by atoms with van der Waals surface area (Å²) in [6, 6.07) is 7.46. The lowest BCUT2D eigenvalue weighted by molar-refractivity contribution is -0.141. The fourth-order valence-corrected chi connectivity index (χ4v) is 3.25. The van der Waals surface area contributed by atoms with Crippen LogP contribution in [0.1, 0.15) is 50.7 Å². The second-order valence-electron chi connectivity index (χ2n) is 6.92. The number of fused-ring (bicyclic) bond motifs is 1. The molecule has 1 N–H and O–H groups in total. The van der Waals surface area contributed by atoms with Crippen LogP contribution in [0.15, 0.2) is 24.3 Å². The first-order chi connectivity index (χ1) is 11.4. The third-order valence-electron chi connectivity index (χ3n) is 4.37. The van der Waals surface area contributed by atoms with E-state index in [0.29, 0.717) is 19.1 Å². The second kappa shape index (κ2) is 8.29. The summed E-state index contributed by atoms with van der Waals surface area (Å²) < 4.78 is 5.69. The lowest BCUT2D eigenvalue weighted by atomic mass is 9.89. The summed E-state index contributed by atoms with van der Waals surface area (Å²) in [7, 11) is 0. The molecule has 5 heteroatoms. The van der Waals surface area contributed by atoms with Crippen LogP contribution in [0.4, 0.5) is 0 Å².